The van der Waals surface area contributed by atoms with Crippen LogP contribution in [-0.4, -0.2) is 42.0 Å². The number of fused-ring (bicyclic) bond motifs is 2. The van der Waals surface area contributed by atoms with Crippen molar-refractivity contribution in [3.63, 3.8) is 0 Å². The van der Waals surface area contributed by atoms with Crippen LogP contribution in [0.5, 0.6) is 0 Å². The third-order valence-electron chi connectivity index (χ3n) is 4.57. The Morgan fingerprint density at radius 2 is 1.84 bits per heavy atom. The maximum Gasteiger partial charge on any atom is 0.269 e. The Hall–Kier alpha value is -1.62. The Morgan fingerprint density at radius 3 is 2.53 bits per heavy atom. The summed E-state index contributed by atoms with van der Waals surface area (Å²) in [6.07, 6.45) is 3.77. The van der Waals surface area contributed by atoms with E-state index < -0.39 is 0 Å². The average Bonchev–Trinajstić information content (AvgIpc) is 2.63. The molecule has 0 amide bonds. The first-order valence-electron chi connectivity index (χ1n) is 6.86. The van der Waals surface area contributed by atoms with Gasteiger partial charge in [-0.3, -0.25) is 15.0 Å². The lowest BCUT2D eigenvalue weighted by Gasteiger charge is -2.27. The Balaban J connectivity index is 1.77. The van der Waals surface area contributed by atoms with Crippen molar-refractivity contribution in [3.8, 4) is 0 Å². The molecule has 5 nitrogen and oxygen atoms in total. The van der Waals surface area contributed by atoms with Gasteiger partial charge in [-0.15, -0.1) is 0 Å². The summed E-state index contributed by atoms with van der Waals surface area (Å²) in [5, 5.41) is 10.7. The molecular formula is C14H19N3O2. The SMILES string of the molecule is CN1C2CCC1CN(c1ccc([N+](=O)[O-])cc1)CC2. The summed E-state index contributed by atoms with van der Waals surface area (Å²) in [5.74, 6) is 0. The molecule has 1 aromatic rings. The molecule has 0 saturated carbocycles. The van der Waals surface area contributed by atoms with Crippen LogP contribution >= 0.6 is 0 Å². The van der Waals surface area contributed by atoms with E-state index in [0.717, 1.165) is 18.8 Å². The van der Waals surface area contributed by atoms with Crippen LogP contribution < -0.4 is 4.90 Å². The van der Waals surface area contributed by atoms with E-state index in [4.69, 9.17) is 0 Å². The van der Waals surface area contributed by atoms with Crippen LogP contribution in [0.25, 0.3) is 0 Å². The second-order valence-electron chi connectivity index (χ2n) is 5.56. The van der Waals surface area contributed by atoms with Crippen LogP contribution in [0.4, 0.5) is 11.4 Å². The quantitative estimate of drug-likeness (QED) is 0.605. The number of likely N-dealkylation sites (N-methyl/N-ethyl adjacent to an activating group) is 1. The van der Waals surface area contributed by atoms with Gasteiger partial charge in [-0.1, -0.05) is 0 Å². The summed E-state index contributed by atoms with van der Waals surface area (Å²) in [6, 6.07) is 8.29. The molecule has 102 valence electrons. The van der Waals surface area contributed by atoms with E-state index in [1.165, 1.54) is 19.3 Å². The molecule has 2 unspecified atom stereocenters. The second kappa shape index (κ2) is 4.81. The Morgan fingerprint density at radius 1 is 1.16 bits per heavy atom. The molecule has 0 aromatic heterocycles. The third kappa shape index (κ3) is 2.30. The number of hydrogen-bond acceptors (Lipinski definition) is 4. The van der Waals surface area contributed by atoms with Crippen LogP contribution in [0.3, 0.4) is 0 Å². The van der Waals surface area contributed by atoms with E-state index in [0.29, 0.717) is 12.1 Å². The molecule has 0 N–H and O–H groups in total. The summed E-state index contributed by atoms with van der Waals surface area (Å²) in [5.41, 5.74) is 1.27. The van der Waals surface area contributed by atoms with Gasteiger partial charge in [0.1, 0.15) is 0 Å². The second-order valence-corrected chi connectivity index (χ2v) is 5.56. The first-order valence-corrected chi connectivity index (χ1v) is 6.86. The smallest absolute Gasteiger partial charge is 0.269 e. The van der Waals surface area contributed by atoms with Gasteiger partial charge in [0.05, 0.1) is 4.92 Å². The van der Waals surface area contributed by atoms with Crippen LogP contribution in [0.15, 0.2) is 24.3 Å². The normalized spacial score (nSPS) is 27.3. The highest BCUT2D eigenvalue weighted by Crippen LogP contribution is 2.31. The number of hydrogen-bond donors (Lipinski definition) is 0. The van der Waals surface area contributed by atoms with Crippen LogP contribution in [-0.2, 0) is 0 Å². The first kappa shape index (κ1) is 12.4. The number of nitro benzene ring substituents is 1. The van der Waals surface area contributed by atoms with Gasteiger partial charge in [0.15, 0.2) is 0 Å². The molecule has 5 heteroatoms. The van der Waals surface area contributed by atoms with Crippen molar-refractivity contribution in [2.45, 2.75) is 31.3 Å². The zero-order valence-corrected chi connectivity index (χ0v) is 11.2. The zero-order chi connectivity index (χ0) is 13.4. The molecule has 3 rings (SSSR count). The van der Waals surface area contributed by atoms with Crippen LogP contribution in [0.2, 0.25) is 0 Å². The number of anilines is 1. The summed E-state index contributed by atoms with van der Waals surface area (Å²) in [4.78, 5) is 15.2. The van der Waals surface area contributed by atoms with Crippen molar-refractivity contribution in [1.82, 2.24) is 4.90 Å². The summed E-state index contributed by atoms with van der Waals surface area (Å²) < 4.78 is 0. The minimum atomic E-state index is -0.345. The van der Waals surface area contributed by atoms with Crippen LogP contribution in [0.1, 0.15) is 19.3 Å². The molecule has 19 heavy (non-hydrogen) atoms. The van der Waals surface area contributed by atoms with Gasteiger partial charge in [-0.05, 0) is 38.4 Å². The highest BCUT2D eigenvalue weighted by molar-refractivity contribution is 5.51. The van der Waals surface area contributed by atoms with Crippen molar-refractivity contribution >= 4 is 11.4 Å². The van der Waals surface area contributed by atoms with E-state index in [-0.39, 0.29) is 10.6 Å². The lowest BCUT2D eigenvalue weighted by atomic mass is 10.1. The van der Waals surface area contributed by atoms with Gasteiger partial charge in [-0.25, -0.2) is 0 Å². The van der Waals surface area contributed by atoms with Crippen molar-refractivity contribution in [2.24, 2.45) is 0 Å². The molecule has 2 aliphatic rings. The number of benzene rings is 1. The van der Waals surface area contributed by atoms with Gasteiger partial charge < -0.3 is 4.90 Å². The van der Waals surface area contributed by atoms with Gasteiger partial charge in [0, 0.05) is 43.0 Å². The van der Waals surface area contributed by atoms with E-state index in [1.807, 2.05) is 12.1 Å². The molecule has 0 aliphatic carbocycles. The van der Waals surface area contributed by atoms with Gasteiger partial charge in [0.25, 0.3) is 5.69 Å². The summed E-state index contributed by atoms with van der Waals surface area (Å²) in [6.45, 7) is 2.08. The lowest BCUT2D eigenvalue weighted by Crippen LogP contribution is -2.36. The average molecular weight is 261 g/mol. The fourth-order valence-corrected chi connectivity index (χ4v) is 3.33. The largest absolute Gasteiger partial charge is 0.370 e. The molecule has 2 fully saturated rings. The van der Waals surface area contributed by atoms with Crippen molar-refractivity contribution in [3.05, 3.63) is 34.4 Å². The zero-order valence-electron chi connectivity index (χ0n) is 11.2. The van der Waals surface area contributed by atoms with Crippen molar-refractivity contribution in [2.75, 3.05) is 25.0 Å². The topological polar surface area (TPSA) is 49.6 Å². The Bertz CT molecular complexity index is 474. The molecule has 2 saturated heterocycles. The molecule has 1 aromatic carbocycles. The number of rotatable bonds is 2. The maximum atomic E-state index is 10.7. The maximum absolute atomic E-state index is 10.7. The highest BCUT2D eigenvalue weighted by atomic mass is 16.6. The standard InChI is InChI=1S/C14H19N3O2/c1-15-11-2-7-14(15)10-16(9-8-11)12-3-5-13(6-4-12)17(18)19/h3-6,11,14H,2,7-10H2,1H3. The highest BCUT2D eigenvalue weighted by Gasteiger charge is 2.34. The monoisotopic (exact) mass is 261 g/mol. The molecule has 2 atom stereocenters. The summed E-state index contributed by atoms with van der Waals surface area (Å²) in [7, 11) is 2.22. The number of nitro groups is 1. The van der Waals surface area contributed by atoms with Crippen LogP contribution in [0, 0.1) is 10.1 Å². The number of nitrogens with zero attached hydrogens (tertiary/aromatic N) is 3. The Kier molecular flexibility index (Phi) is 3.14. The minimum absolute atomic E-state index is 0.164. The van der Waals surface area contributed by atoms with Gasteiger partial charge in [0.2, 0.25) is 0 Å². The Labute approximate surface area is 113 Å². The van der Waals surface area contributed by atoms with E-state index in [1.54, 1.807) is 12.1 Å². The predicted octanol–water partition coefficient (Wildman–Crippen LogP) is 2.27. The van der Waals surface area contributed by atoms with E-state index in [9.17, 15) is 10.1 Å². The fourth-order valence-electron chi connectivity index (χ4n) is 3.33. The molecule has 2 heterocycles. The lowest BCUT2D eigenvalue weighted by molar-refractivity contribution is -0.384. The minimum Gasteiger partial charge on any atom is -0.370 e. The van der Waals surface area contributed by atoms with E-state index in [2.05, 4.69) is 16.8 Å². The molecule has 0 radical (unpaired) electrons. The van der Waals surface area contributed by atoms with E-state index >= 15 is 0 Å². The summed E-state index contributed by atoms with van der Waals surface area (Å²) >= 11 is 0. The number of non-ortho nitro benzene ring substituents is 1. The molecule has 0 spiro atoms. The van der Waals surface area contributed by atoms with Crippen molar-refractivity contribution in [1.29, 1.82) is 0 Å². The first-order chi connectivity index (χ1) is 9.15. The molecule has 2 bridgehead atoms. The predicted molar refractivity (Wildman–Crippen MR) is 74.5 cm³/mol. The fraction of sp³-hybridized carbons (Fsp3) is 0.571. The third-order valence-corrected chi connectivity index (χ3v) is 4.57. The van der Waals surface area contributed by atoms with Gasteiger partial charge in [-0.2, -0.15) is 0 Å². The van der Waals surface area contributed by atoms with Gasteiger partial charge >= 0.3 is 0 Å². The van der Waals surface area contributed by atoms with Crippen molar-refractivity contribution < 1.29 is 4.92 Å². The molecule has 2 aliphatic heterocycles. The molecular weight excluding hydrogens is 242 g/mol.